The van der Waals surface area contributed by atoms with Crippen molar-refractivity contribution in [3.05, 3.63) is 54.1 Å². The number of rotatable bonds is 6. The van der Waals surface area contributed by atoms with Crippen LogP contribution in [0.5, 0.6) is 0 Å². The summed E-state index contributed by atoms with van der Waals surface area (Å²) in [5.74, 6) is -0.282. The lowest BCUT2D eigenvalue weighted by Gasteiger charge is -2.36. The highest BCUT2D eigenvalue weighted by atomic mass is 32.2. The second kappa shape index (κ2) is 8.37. The molecule has 2 fully saturated rings. The summed E-state index contributed by atoms with van der Waals surface area (Å²) >= 11 is 0. The molecule has 2 aromatic carbocycles. The van der Waals surface area contributed by atoms with E-state index in [4.69, 9.17) is 4.74 Å². The van der Waals surface area contributed by atoms with E-state index < -0.39 is 10.0 Å². The standard InChI is InChI=1S/C22H27N3O4S/c1-15-13-25(14-16(2)29-15)20-9-7-18(8-10-20)23-22(26)17-3-11-21(12-4-17)30(27,28)24-19-5-6-19/h3-4,7-12,15-16,19,24H,5-6,13-14H2,1-2H3,(H,23,26). The van der Waals surface area contributed by atoms with E-state index in [0.717, 1.165) is 31.6 Å². The lowest BCUT2D eigenvalue weighted by Crippen LogP contribution is -2.45. The van der Waals surface area contributed by atoms with Crippen molar-refractivity contribution in [1.82, 2.24) is 4.72 Å². The molecular formula is C22H27N3O4S. The zero-order chi connectivity index (χ0) is 21.3. The third kappa shape index (κ3) is 5.00. The van der Waals surface area contributed by atoms with Gasteiger partial charge in [0.05, 0.1) is 17.1 Å². The second-order valence-corrected chi connectivity index (χ2v) is 9.80. The minimum absolute atomic E-state index is 0.0461. The van der Waals surface area contributed by atoms with E-state index >= 15 is 0 Å². The number of hydrogen-bond acceptors (Lipinski definition) is 5. The van der Waals surface area contributed by atoms with Gasteiger partial charge in [-0.05, 0) is 75.2 Å². The molecule has 8 heteroatoms. The SMILES string of the molecule is CC1CN(c2ccc(NC(=O)c3ccc(S(=O)(=O)NC4CC4)cc3)cc2)CC(C)O1. The summed E-state index contributed by atoms with van der Waals surface area (Å²) in [5, 5.41) is 2.86. The lowest BCUT2D eigenvalue weighted by atomic mass is 10.1. The van der Waals surface area contributed by atoms with Crippen LogP contribution in [0, 0.1) is 0 Å². The largest absolute Gasteiger partial charge is 0.372 e. The predicted octanol–water partition coefficient (Wildman–Crippen LogP) is 2.99. The summed E-state index contributed by atoms with van der Waals surface area (Å²) in [6.07, 6.45) is 2.11. The number of ether oxygens (including phenoxy) is 1. The van der Waals surface area contributed by atoms with Crippen LogP contribution >= 0.6 is 0 Å². The number of sulfonamides is 1. The van der Waals surface area contributed by atoms with Gasteiger partial charge in [0.2, 0.25) is 10.0 Å². The Morgan fingerprint density at radius 1 is 0.967 bits per heavy atom. The summed E-state index contributed by atoms with van der Waals surface area (Å²) in [4.78, 5) is 15.0. The molecule has 1 amide bonds. The van der Waals surface area contributed by atoms with Crippen molar-refractivity contribution in [3.63, 3.8) is 0 Å². The maximum atomic E-state index is 12.5. The molecule has 1 saturated carbocycles. The maximum Gasteiger partial charge on any atom is 0.255 e. The molecule has 1 saturated heterocycles. The monoisotopic (exact) mass is 429 g/mol. The summed E-state index contributed by atoms with van der Waals surface area (Å²) in [5.41, 5.74) is 2.18. The minimum atomic E-state index is -3.52. The first-order chi connectivity index (χ1) is 14.3. The molecule has 2 N–H and O–H groups in total. The van der Waals surface area contributed by atoms with Gasteiger partial charge >= 0.3 is 0 Å². The van der Waals surface area contributed by atoms with Gasteiger partial charge in [-0.1, -0.05) is 0 Å². The minimum Gasteiger partial charge on any atom is -0.372 e. The molecule has 2 atom stereocenters. The van der Waals surface area contributed by atoms with Crippen LogP contribution in [0.15, 0.2) is 53.4 Å². The van der Waals surface area contributed by atoms with Crippen LogP contribution in [0.25, 0.3) is 0 Å². The van der Waals surface area contributed by atoms with Crippen molar-refractivity contribution in [1.29, 1.82) is 0 Å². The third-order valence-electron chi connectivity index (χ3n) is 5.24. The summed E-state index contributed by atoms with van der Waals surface area (Å²) in [6.45, 7) is 5.80. The van der Waals surface area contributed by atoms with E-state index in [1.54, 1.807) is 0 Å². The molecule has 2 unspecified atom stereocenters. The molecule has 2 aromatic rings. The first-order valence-corrected chi connectivity index (χ1v) is 11.7. The quantitative estimate of drug-likeness (QED) is 0.737. The van der Waals surface area contributed by atoms with Gasteiger partial charge in [0.1, 0.15) is 0 Å². The number of carbonyl (C=O) groups is 1. The molecule has 7 nitrogen and oxygen atoms in total. The molecule has 0 radical (unpaired) electrons. The third-order valence-corrected chi connectivity index (χ3v) is 6.77. The molecule has 0 bridgehead atoms. The Kier molecular flexibility index (Phi) is 5.81. The molecule has 0 spiro atoms. The van der Waals surface area contributed by atoms with Crippen LogP contribution in [0.2, 0.25) is 0 Å². The molecule has 1 heterocycles. The van der Waals surface area contributed by atoms with Gasteiger partial charge in [-0.25, -0.2) is 13.1 Å². The van der Waals surface area contributed by atoms with Crippen molar-refractivity contribution in [2.75, 3.05) is 23.3 Å². The summed E-state index contributed by atoms with van der Waals surface area (Å²) < 4.78 is 32.9. The molecule has 4 rings (SSSR count). The summed E-state index contributed by atoms with van der Waals surface area (Å²) in [6, 6.07) is 13.7. The van der Waals surface area contributed by atoms with Crippen molar-refractivity contribution in [2.45, 2.75) is 49.8 Å². The average Bonchev–Trinajstić information content (AvgIpc) is 3.51. The fourth-order valence-corrected chi connectivity index (χ4v) is 4.93. The normalized spacial score (nSPS) is 22.0. The number of benzene rings is 2. The fourth-order valence-electron chi connectivity index (χ4n) is 3.62. The second-order valence-electron chi connectivity index (χ2n) is 8.08. The number of amides is 1. The van der Waals surface area contributed by atoms with Crippen LogP contribution in [0.4, 0.5) is 11.4 Å². The van der Waals surface area contributed by atoms with Crippen molar-refractivity contribution in [3.8, 4) is 0 Å². The van der Waals surface area contributed by atoms with Crippen molar-refractivity contribution in [2.24, 2.45) is 0 Å². The fraction of sp³-hybridized carbons (Fsp3) is 0.409. The maximum absolute atomic E-state index is 12.5. The number of hydrogen-bond donors (Lipinski definition) is 2. The molecule has 2 aliphatic rings. The Bertz CT molecular complexity index is 992. The first-order valence-electron chi connectivity index (χ1n) is 10.2. The molecule has 30 heavy (non-hydrogen) atoms. The number of carbonyl (C=O) groups excluding carboxylic acids is 1. The number of nitrogens with one attached hydrogen (secondary N) is 2. The predicted molar refractivity (Wildman–Crippen MR) is 116 cm³/mol. The van der Waals surface area contributed by atoms with Crippen LogP contribution in [-0.4, -0.2) is 45.7 Å². The van der Waals surface area contributed by atoms with Gasteiger partial charge in [-0.3, -0.25) is 4.79 Å². The van der Waals surface area contributed by atoms with Crippen molar-refractivity contribution >= 4 is 27.3 Å². The van der Waals surface area contributed by atoms with Crippen LogP contribution in [0.3, 0.4) is 0 Å². The van der Waals surface area contributed by atoms with Gasteiger partial charge in [0.25, 0.3) is 5.91 Å². The molecule has 0 aromatic heterocycles. The smallest absolute Gasteiger partial charge is 0.255 e. The zero-order valence-electron chi connectivity index (χ0n) is 17.2. The van der Waals surface area contributed by atoms with Crippen LogP contribution in [-0.2, 0) is 14.8 Å². The number of morpholine rings is 1. The lowest BCUT2D eigenvalue weighted by molar-refractivity contribution is -0.00521. The zero-order valence-corrected chi connectivity index (χ0v) is 18.0. The molecule has 1 aliphatic carbocycles. The summed E-state index contributed by atoms with van der Waals surface area (Å²) in [7, 11) is -3.52. The van der Waals surface area contributed by atoms with E-state index in [1.165, 1.54) is 24.3 Å². The Labute approximate surface area is 177 Å². The highest BCUT2D eigenvalue weighted by Crippen LogP contribution is 2.24. The molecular weight excluding hydrogens is 402 g/mol. The van der Waals surface area contributed by atoms with E-state index in [0.29, 0.717) is 11.3 Å². The Hall–Kier alpha value is -2.42. The van der Waals surface area contributed by atoms with Crippen molar-refractivity contribution < 1.29 is 17.9 Å². The van der Waals surface area contributed by atoms with Gasteiger partial charge in [-0.2, -0.15) is 0 Å². The Balaban J connectivity index is 1.39. The molecule has 160 valence electrons. The van der Waals surface area contributed by atoms with E-state index in [-0.39, 0.29) is 29.1 Å². The van der Waals surface area contributed by atoms with Gasteiger partial charge < -0.3 is 15.0 Å². The molecule has 1 aliphatic heterocycles. The Morgan fingerprint density at radius 2 is 1.57 bits per heavy atom. The van der Waals surface area contributed by atoms with E-state index in [9.17, 15) is 13.2 Å². The number of anilines is 2. The number of nitrogens with zero attached hydrogens (tertiary/aromatic N) is 1. The van der Waals surface area contributed by atoms with E-state index in [1.807, 2.05) is 24.3 Å². The van der Waals surface area contributed by atoms with Gasteiger partial charge in [0, 0.05) is 36.1 Å². The van der Waals surface area contributed by atoms with Gasteiger partial charge in [-0.15, -0.1) is 0 Å². The topological polar surface area (TPSA) is 87.7 Å². The van der Waals surface area contributed by atoms with Crippen LogP contribution in [0.1, 0.15) is 37.0 Å². The Morgan fingerprint density at radius 3 is 2.13 bits per heavy atom. The van der Waals surface area contributed by atoms with Gasteiger partial charge in [0.15, 0.2) is 0 Å². The van der Waals surface area contributed by atoms with Crippen LogP contribution < -0.4 is 14.9 Å². The highest BCUT2D eigenvalue weighted by Gasteiger charge is 2.28. The first kappa shape index (κ1) is 20.8. The van der Waals surface area contributed by atoms with E-state index in [2.05, 4.69) is 28.8 Å². The highest BCUT2D eigenvalue weighted by molar-refractivity contribution is 7.89. The average molecular weight is 430 g/mol.